The molecule has 0 aromatic heterocycles. The third-order valence-corrected chi connectivity index (χ3v) is 2.20. The molecule has 0 heterocycles. The van der Waals surface area contributed by atoms with Gasteiger partial charge < -0.3 is 5.32 Å². The van der Waals surface area contributed by atoms with E-state index in [1.807, 2.05) is 7.05 Å². The fourth-order valence-electron chi connectivity index (χ4n) is 1.05. The number of hydrogen-bond donors (Lipinski definition) is 1. The summed E-state index contributed by atoms with van der Waals surface area (Å²) < 4.78 is 1.21. The van der Waals surface area contributed by atoms with Crippen molar-refractivity contribution in [1.29, 1.82) is 0 Å². The Kier molecular flexibility index (Phi) is 3.16. The standard InChI is InChI=1S/C8H12BrN/c1-10-6-7-2-4-8(9)5-3-7/h2,4-5,7,10H,3,6H2,1H3. The number of nitrogens with one attached hydrogen (secondary N) is 1. The Hall–Kier alpha value is -0.0800. The molecule has 1 N–H and O–H groups in total. The van der Waals surface area contributed by atoms with Gasteiger partial charge in [0.15, 0.2) is 0 Å². The largest absolute Gasteiger partial charge is 0.319 e. The van der Waals surface area contributed by atoms with Gasteiger partial charge >= 0.3 is 0 Å². The summed E-state index contributed by atoms with van der Waals surface area (Å²) in [4.78, 5) is 0. The Bertz CT molecular complexity index is 161. The summed E-state index contributed by atoms with van der Waals surface area (Å²) in [5, 5.41) is 3.16. The lowest BCUT2D eigenvalue weighted by molar-refractivity contribution is 0.601. The SMILES string of the molecule is CNCC1C=CC(Br)=CC1. The molecule has 1 atom stereocenters. The van der Waals surface area contributed by atoms with Gasteiger partial charge in [0, 0.05) is 11.0 Å². The van der Waals surface area contributed by atoms with E-state index in [0.717, 1.165) is 13.0 Å². The van der Waals surface area contributed by atoms with Crippen LogP contribution in [0.4, 0.5) is 0 Å². The van der Waals surface area contributed by atoms with E-state index in [-0.39, 0.29) is 0 Å². The van der Waals surface area contributed by atoms with Crippen molar-refractivity contribution in [3.63, 3.8) is 0 Å². The molecule has 0 aliphatic heterocycles. The normalized spacial score (nSPS) is 24.6. The van der Waals surface area contributed by atoms with Gasteiger partial charge in [0.1, 0.15) is 0 Å². The van der Waals surface area contributed by atoms with E-state index in [9.17, 15) is 0 Å². The Morgan fingerprint density at radius 2 is 2.60 bits per heavy atom. The van der Waals surface area contributed by atoms with Gasteiger partial charge in [-0.1, -0.05) is 34.2 Å². The van der Waals surface area contributed by atoms with Gasteiger partial charge in [-0.25, -0.2) is 0 Å². The van der Waals surface area contributed by atoms with E-state index in [0.29, 0.717) is 5.92 Å². The molecule has 0 aromatic rings. The molecule has 1 rings (SSSR count). The van der Waals surface area contributed by atoms with Crippen molar-refractivity contribution in [2.75, 3.05) is 13.6 Å². The minimum absolute atomic E-state index is 0.686. The van der Waals surface area contributed by atoms with Crippen molar-refractivity contribution in [2.24, 2.45) is 5.92 Å². The molecule has 1 aliphatic rings. The smallest absolute Gasteiger partial charge is 0.0132 e. The third-order valence-electron chi connectivity index (χ3n) is 1.61. The summed E-state index contributed by atoms with van der Waals surface area (Å²) in [6.07, 6.45) is 7.71. The summed E-state index contributed by atoms with van der Waals surface area (Å²) in [5.41, 5.74) is 0. The Balaban J connectivity index is 2.37. The molecule has 0 radical (unpaired) electrons. The summed E-state index contributed by atoms with van der Waals surface area (Å²) >= 11 is 3.42. The van der Waals surface area contributed by atoms with E-state index in [1.165, 1.54) is 4.48 Å². The van der Waals surface area contributed by atoms with Crippen LogP contribution < -0.4 is 5.32 Å². The highest BCUT2D eigenvalue weighted by Gasteiger charge is 2.04. The quantitative estimate of drug-likeness (QED) is 0.722. The molecule has 0 amide bonds. The molecule has 0 spiro atoms. The van der Waals surface area contributed by atoms with Gasteiger partial charge in [-0.05, 0) is 19.4 Å². The molecular weight excluding hydrogens is 190 g/mol. The van der Waals surface area contributed by atoms with Crippen LogP contribution in [-0.2, 0) is 0 Å². The van der Waals surface area contributed by atoms with E-state index < -0.39 is 0 Å². The fourth-order valence-corrected chi connectivity index (χ4v) is 1.39. The van der Waals surface area contributed by atoms with Crippen molar-refractivity contribution >= 4 is 15.9 Å². The van der Waals surface area contributed by atoms with Crippen molar-refractivity contribution in [2.45, 2.75) is 6.42 Å². The topological polar surface area (TPSA) is 12.0 Å². The average Bonchev–Trinajstić information content (AvgIpc) is 1.95. The fraction of sp³-hybridized carbons (Fsp3) is 0.500. The summed E-state index contributed by atoms with van der Waals surface area (Å²) in [5.74, 6) is 0.686. The number of allylic oxidation sites excluding steroid dienone is 3. The van der Waals surface area contributed by atoms with Crippen LogP contribution in [0.3, 0.4) is 0 Å². The zero-order chi connectivity index (χ0) is 7.40. The van der Waals surface area contributed by atoms with Gasteiger partial charge in [0.25, 0.3) is 0 Å². The van der Waals surface area contributed by atoms with E-state index in [2.05, 4.69) is 39.5 Å². The van der Waals surface area contributed by atoms with Gasteiger partial charge in [0.05, 0.1) is 0 Å². The summed E-state index contributed by atoms with van der Waals surface area (Å²) in [6, 6.07) is 0. The maximum Gasteiger partial charge on any atom is 0.0132 e. The first kappa shape index (κ1) is 8.02. The van der Waals surface area contributed by atoms with Crippen LogP contribution in [0.1, 0.15) is 6.42 Å². The van der Waals surface area contributed by atoms with E-state index in [4.69, 9.17) is 0 Å². The minimum Gasteiger partial charge on any atom is -0.319 e. The van der Waals surface area contributed by atoms with Gasteiger partial charge in [0.2, 0.25) is 0 Å². The van der Waals surface area contributed by atoms with Crippen LogP contribution in [-0.4, -0.2) is 13.6 Å². The van der Waals surface area contributed by atoms with Gasteiger partial charge in [-0.2, -0.15) is 0 Å². The summed E-state index contributed by atoms with van der Waals surface area (Å²) in [7, 11) is 1.99. The van der Waals surface area contributed by atoms with E-state index >= 15 is 0 Å². The Labute approximate surface area is 70.3 Å². The molecule has 56 valence electrons. The lowest BCUT2D eigenvalue weighted by Gasteiger charge is -2.12. The predicted molar refractivity (Wildman–Crippen MR) is 48.2 cm³/mol. The van der Waals surface area contributed by atoms with Crippen LogP contribution >= 0.6 is 15.9 Å². The molecule has 1 nitrogen and oxygen atoms in total. The zero-order valence-electron chi connectivity index (χ0n) is 6.10. The first-order valence-electron chi connectivity index (χ1n) is 3.51. The van der Waals surface area contributed by atoms with Crippen molar-refractivity contribution in [3.05, 3.63) is 22.7 Å². The lowest BCUT2D eigenvalue weighted by atomic mass is 10.0. The minimum atomic E-state index is 0.686. The first-order valence-corrected chi connectivity index (χ1v) is 4.30. The molecule has 0 aromatic carbocycles. The molecule has 0 saturated carbocycles. The van der Waals surface area contributed by atoms with Gasteiger partial charge in [-0.15, -0.1) is 0 Å². The van der Waals surface area contributed by atoms with Crippen LogP contribution in [0.2, 0.25) is 0 Å². The highest BCUT2D eigenvalue weighted by atomic mass is 79.9. The highest BCUT2D eigenvalue weighted by molar-refractivity contribution is 9.11. The van der Waals surface area contributed by atoms with E-state index in [1.54, 1.807) is 0 Å². The predicted octanol–water partition coefficient (Wildman–Crippen LogP) is 2.06. The van der Waals surface area contributed by atoms with Crippen LogP contribution in [0.15, 0.2) is 22.7 Å². The molecule has 1 unspecified atom stereocenters. The summed E-state index contributed by atoms with van der Waals surface area (Å²) in [6.45, 7) is 1.08. The van der Waals surface area contributed by atoms with Gasteiger partial charge in [-0.3, -0.25) is 0 Å². The monoisotopic (exact) mass is 201 g/mol. The molecule has 10 heavy (non-hydrogen) atoms. The molecular formula is C8H12BrN. The maximum atomic E-state index is 3.42. The Morgan fingerprint density at radius 1 is 1.80 bits per heavy atom. The van der Waals surface area contributed by atoms with Crippen molar-refractivity contribution in [1.82, 2.24) is 5.32 Å². The van der Waals surface area contributed by atoms with Crippen molar-refractivity contribution < 1.29 is 0 Å². The number of rotatable bonds is 2. The number of halogens is 1. The van der Waals surface area contributed by atoms with Crippen LogP contribution in [0.25, 0.3) is 0 Å². The highest BCUT2D eigenvalue weighted by Crippen LogP contribution is 2.18. The van der Waals surface area contributed by atoms with Crippen LogP contribution in [0.5, 0.6) is 0 Å². The number of hydrogen-bond acceptors (Lipinski definition) is 1. The third kappa shape index (κ3) is 2.27. The lowest BCUT2D eigenvalue weighted by Crippen LogP contribution is -2.17. The molecule has 0 fully saturated rings. The second kappa shape index (κ2) is 3.94. The second-order valence-corrected chi connectivity index (χ2v) is 3.42. The first-order chi connectivity index (χ1) is 4.83. The molecule has 2 heteroatoms. The molecule has 0 bridgehead atoms. The van der Waals surface area contributed by atoms with Crippen LogP contribution in [0, 0.1) is 5.92 Å². The molecule has 1 aliphatic carbocycles. The average molecular weight is 202 g/mol. The second-order valence-electron chi connectivity index (χ2n) is 2.50. The zero-order valence-corrected chi connectivity index (χ0v) is 7.69. The maximum absolute atomic E-state index is 3.42. The van der Waals surface area contributed by atoms with Crippen molar-refractivity contribution in [3.8, 4) is 0 Å². The molecule has 0 saturated heterocycles. The Morgan fingerprint density at radius 3 is 3.10 bits per heavy atom.